The second-order valence-corrected chi connectivity index (χ2v) is 7.27. The van der Waals surface area contributed by atoms with Gasteiger partial charge in [0.1, 0.15) is 0 Å². The van der Waals surface area contributed by atoms with Crippen LogP contribution in [0.5, 0.6) is 0 Å². The van der Waals surface area contributed by atoms with Crippen LogP contribution < -0.4 is 5.32 Å². The molecule has 0 amide bonds. The number of aromatic nitrogens is 2. The molecule has 1 N–H and O–H groups in total. The zero-order valence-corrected chi connectivity index (χ0v) is 13.8. The number of rotatable bonds is 5. The molecule has 3 nitrogen and oxygen atoms in total. The molecule has 1 aromatic heterocycles. The minimum atomic E-state index is 0.782. The predicted octanol–water partition coefficient (Wildman–Crippen LogP) is 3.84. The maximum absolute atomic E-state index is 4.54. The molecule has 2 aliphatic carbocycles. The van der Waals surface area contributed by atoms with Gasteiger partial charge in [-0.05, 0) is 64.0 Å². The Labute approximate surface area is 129 Å². The summed E-state index contributed by atoms with van der Waals surface area (Å²) in [5, 5.41) is 8.35. The third kappa shape index (κ3) is 3.88. The lowest BCUT2D eigenvalue weighted by Crippen LogP contribution is -2.39. The molecule has 118 valence electrons. The van der Waals surface area contributed by atoms with Crippen LogP contribution in [0, 0.1) is 25.7 Å². The van der Waals surface area contributed by atoms with E-state index in [-0.39, 0.29) is 0 Å². The molecule has 1 heterocycles. The van der Waals surface area contributed by atoms with Crippen molar-refractivity contribution in [3.05, 3.63) is 17.5 Å². The zero-order chi connectivity index (χ0) is 14.7. The molecule has 3 rings (SSSR count). The number of fused-ring (bicyclic) bond motifs is 1. The third-order valence-corrected chi connectivity index (χ3v) is 5.62. The quantitative estimate of drug-likeness (QED) is 0.835. The molecule has 2 saturated carbocycles. The molecule has 2 fully saturated rings. The van der Waals surface area contributed by atoms with E-state index >= 15 is 0 Å². The van der Waals surface area contributed by atoms with E-state index in [1.165, 1.54) is 57.1 Å². The number of hydrogen-bond acceptors (Lipinski definition) is 2. The minimum absolute atomic E-state index is 0.782. The van der Waals surface area contributed by atoms with Crippen LogP contribution in [0.4, 0.5) is 0 Å². The monoisotopic (exact) mass is 289 g/mol. The number of hydrogen-bond donors (Lipinski definition) is 1. The van der Waals surface area contributed by atoms with Crippen LogP contribution >= 0.6 is 0 Å². The molecular formula is C18H31N3. The highest BCUT2D eigenvalue weighted by Crippen LogP contribution is 2.40. The van der Waals surface area contributed by atoms with Gasteiger partial charge in [0, 0.05) is 18.3 Å². The van der Waals surface area contributed by atoms with Gasteiger partial charge in [-0.3, -0.25) is 4.68 Å². The highest BCUT2D eigenvalue weighted by atomic mass is 15.3. The van der Waals surface area contributed by atoms with Gasteiger partial charge in [-0.25, -0.2) is 0 Å². The predicted molar refractivity (Wildman–Crippen MR) is 87.4 cm³/mol. The highest BCUT2D eigenvalue weighted by molar-refractivity contribution is 5.06. The van der Waals surface area contributed by atoms with Crippen LogP contribution in [0.15, 0.2) is 6.07 Å². The van der Waals surface area contributed by atoms with Gasteiger partial charge >= 0.3 is 0 Å². The molecule has 1 aromatic rings. The summed E-state index contributed by atoms with van der Waals surface area (Å²) in [5.74, 6) is 2.09. The second-order valence-electron chi connectivity index (χ2n) is 7.27. The average Bonchev–Trinajstić information content (AvgIpc) is 2.81. The summed E-state index contributed by atoms with van der Waals surface area (Å²) >= 11 is 0. The molecule has 3 atom stereocenters. The van der Waals surface area contributed by atoms with Gasteiger partial charge in [0.2, 0.25) is 0 Å². The van der Waals surface area contributed by atoms with E-state index < -0.39 is 0 Å². The van der Waals surface area contributed by atoms with Crippen molar-refractivity contribution in [2.24, 2.45) is 11.8 Å². The molecule has 0 aliphatic heterocycles. The fraction of sp³-hybridized carbons (Fsp3) is 0.833. The summed E-state index contributed by atoms with van der Waals surface area (Å²) < 4.78 is 2.15. The van der Waals surface area contributed by atoms with Crippen molar-refractivity contribution in [3.8, 4) is 0 Å². The molecule has 3 unspecified atom stereocenters. The van der Waals surface area contributed by atoms with Crippen molar-refractivity contribution in [1.82, 2.24) is 15.1 Å². The lowest BCUT2D eigenvalue weighted by atomic mass is 9.69. The Hall–Kier alpha value is -0.830. The molecule has 0 bridgehead atoms. The van der Waals surface area contributed by atoms with E-state index in [0.717, 1.165) is 36.7 Å². The van der Waals surface area contributed by atoms with Gasteiger partial charge in [0.25, 0.3) is 0 Å². The van der Waals surface area contributed by atoms with E-state index in [4.69, 9.17) is 0 Å². The maximum Gasteiger partial charge on any atom is 0.0596 e. The normalized spacial score (nSPS) is 29.3. The highest BCUT2D eigenvalue weighted by Gasteiger charge is 2.31. The number of nitrogens with one attached hydrogen (secondary N) is 1. The first-order chi connectivity index (χ1) is 10.2. The number of nitrogens with zero attached hydrogens (tertiary/aromatic N) is 2. The summed E-state index contributed by atoms with van der Waals surface area (Å²) in [5.41, 5.74) is 2.42. The molecule has 0 saturated heterocycles. The first kappa shape index (κ1) is 15.1. The SMILES string of the molecule is Cc1cc(C)n(CCCNC2CCC3CCCCC3C2)n1. The van der Waals surface area contributed by atoms with Gasteiger partial charge in [0.15, 0.2) is 0 Å². The van der Waals surface area contributed by atoms with Crippen molar-refractivity contribution in [2.45, 2.75) is 77.8 Å². The summed E-state index contributed by atoms with van der Waals surface area (Å²) in [6.45, 7) is 6.41. The maximum atomic E-state index is 4.54. The Balaban J connectivity index is 1.37. The van der Waals surface area contributed by atoms with Crippen LogP contribution in [0.3, 0.4) is 0 Å². The van der Waals surface area contributed by atoms with Crippen molar-refractivity contribution >= 4 is 0 Å². The standard InChI is InChI=1S/C18H31N3/c1-14-12-15(2)21(20-14)11-5-10-19-18-9-8-16-6-3-4-7-17(16)13-18/h12,16-19H,3-11,13H2,1-2H3. The molecule has 21 heavy (non-hydrogen) atoms. The lowest BCUT2D eigenvalue weighted by molar-refractivity contribution is 0.143. The third-order valence-electron chi connectivity index (χ3n) is 5.62. The Morgan fingerprint density at radius 3 is 2.71 bits per heavy atom. The van der Waals surface area contributed by atoms with Crippen LogP contribution in [0.1, 0.15) is 62.8 Å². The summed E-state index contributed by atoms with van der Waals surface area (Å²) in [6.07, 6.45) is 11.5. The van der Waals surface area contributed by atoms with Crippen LogP contribution in [-0.2, 0) is 6.54 Å². The first-order valence-electron chi connectivity index (χ1n) is 8.97. The van der Waals surface area contributed by atoms with Gasteiger partial charge in [-0.15, -0.1) is 0 Å². The van der Waals surface area contributed by atoms with Crippen molar-refractivity contribution in [2.75, 3.05) is 6.54 Å². The fourth-order valence-corrected chi connectivity index (χ4v) is 4.50. The molecule has 0 aromatic carbocycles. The van der Waals surface area contributed by atoms with Gasteiger partial charge < -0.3 is 5.32 Å². The summed E-state index contributed by atoms with van der Waals surface area (Å²) in [7, 11) is 0. The Morgan fingerprint density at radius 1 is 1.14 bits per heavy atom. The van der Waals surface area contributed by atoms with Gasteiger partial charge in [-0.1, -0.05) is 25.7 Å². The lowest BCUT2D eigenvalue weighted by Gasteiger charge is -2.39. The van der Waals surface area contributed by atoms with E-state index in [0.29, 0.717) is 0 Å². The Morgan fingerprint density at radius 2 is 1.95 bits per heavy atom. The van der Waals surface area contributed by atoms with E-state index in [1.807, 2.05) is 0 Å². The molecule has 2 aliphatic rings. The molecular weight excluding hydrogens is 258 g/mol. The Bertz CT molecular complexity index is 451. The van der Waals surface area contributed by atoms with Crippen molar-refractivity contribution in [1.29, 1.82) is 0 Å². The summed E-state index contributed by atoms with van der Waals surface area (Å²) in [6, 6.07) is 2.95. The fourth-order valence-electron chi connectivity index (χ4n) is 4.50. The summed E-state index contributed by atoms with van der Waals surface area (Å²) in [4.78, 5) is 0. The van der Waals surface area contributed by atoms with Gasteiger partial charge in [-0.2, -0.15) is 5.10 Å². The van der Waals surface area contributed by atoms with Gasteiger partial charge in [0.05, 0.1) is 5.69 Å². The zero-order valence-electron chi connectivity index (χ0n) is 13.8. The van der Waals surface area contributed by atoms with Crippen molar-refractivity contribution < 1.29 is 0 Å². The minimum Gasteiger partial charge on any atom is -0.314 e. The topological polar surface area (TPSA) is 29.9 Å². The second kappa shape index (κ2) is 6.95. The average molecular weight is 289 g/mol. The van der Waals surface area contributed by atoms with Crippen LogP contribution in [0.25, 0.3) is 0 Å². The van der Waals surface area contributed by atoms with E-state index in [1.54, 1.807) is 0 Å². The van der Waals surface area contributed by atoms with Crippen LogP contribution in [0.2, 0.25) is 0 Å². The van der Waals surface area contributed by atoms with E-state index in [9.17, 15) is 0 Å². The van der Waals surface area contributed by atoms with Crippen molar-refractivity contribution in [3.63, 3.8) is 0 Å². The Kier molecular flexibility index (Phi) is 4.99. The molecule has 0 radical (unpaired) electrons. The number of aryl methyl sites for hydroxylation is 3. The van der Waals surface area contributed by atoms with E-state index in [2.05, 4.69) is 35.0 Å². The smallest absolute Gasteiger partial charge is 0.0596 e. The molecule has 0 spiro atoms. The molecule has 3 heteroatoms. The largest absolute Gasteiger partial charge is 0.314 e. The first-order valence-corrected chi connectivity index (χ1v) is 8.97. The van der Waals surface area contributed by atoms with Crippen LogP contribution in [-0.4, -0.2) is 22.4 Å².